The Balaban J connectivity index is 1.03. The molecule has 0 bridgehead atoms. The number of aliphatic hydroxyl groups excluding tert-OH is 3. The number of fused-ring (bicyclic) bond motifs is 5. The van der Waals surface area contributed by atoms with Crippen LogP contribution in [-0.4, -0.2) is 64.7 Å². The molecule has 14 unspecified atom stereocenters. The fourth-order valence-corrected chi connectivity index (χ4v) is 12.9. The van der Waals surface area contributed by atoms with E-state index in [2.05, 4.69) is 78.8 Å². The summed E-state index contributed by atoms with van der Waals surface area (Å²) in [4.78, 5) is 12.6. The second-order valence-electron chi connectivity index (χ2n) is 21.1. The topological polar surface area (TPSA) is 105 Å². The maximum Gasteiger partial charge on any atom is 0.305 e. The molecule has 1 heterocycles. The quantitative estimate of drug-likeness (QED) is 0.0505. The van der Waals surface area contributed by atoms with Crippen molar-refractivity contribution in [2.45, 2.75) is 233 Å². The molecule has 4 fully saturated rings. The molecule has 3 N–H and O–H groups in total. The van der Waals surface area contributed by atoms with E-state index >= 15 is 0 Å². The van der Waals surface area contributed by atoms with Crippen molar-refractivity contribution < 1.29 is 34.3 Å². The average molecular weight is 839 g/mol. The molecule has 0 aromatic rings. The van der Waals surface area contributed by atoms with Crippen molar-refractivity contribution in [3.05, 3.63) is 36.0 Å². The first-order valence-corrected chi connectivity index (χ1v) is 25.4. The number of aliphatic hydroxyl groups is 3. The van der Waals surface area contributed by atoms with Gasteiger partial charge in [0, 0.05) is 6.42 Å². The van der Waals surface area contributed by atoms with Gasteiger partial charge in [0.1, 0.15) is 31.0 Å². The highest BCUT2D eigenvalue weighted by atomic mass is 16.7. The zero-order chi connectivity index (χ0) is 43.3. The summed E-state index contributed by atoms with van der Waals surface area (Å²) in [5.74, 6) is 4.60. The summed E-state index contributed by atoms with van der Waals surface area (Å²) in [5.41, 5.74) is 2.05. The van der Waals surface area contributed by atoms with Crippen LogP contribution in [0.3, 0.4) is 0 Å². The summed E-state index contributed by atoms with van der Waals surface area (Å²) in [6, 6.07) is 0. The van der Waals surface area contributed by atoms with Gasteiger partial charge in [-0.15, -0.1) is 0 Å². The molecule has 7 heteroatoms. The number of ether oxygens (including phenoxy) is 3. The first-order valence-electron chi connectivity index (χ1n) is 25.4. The predicted molar refractivity (Wildman–Crippen MR) is 244 cm³/mol. The maximum absolute atomic E-state index is 12.6. The minimum absolute atomic E-state index is 0.151. The van der Waals surface area contributed by atoms with Crippen molar-refractivity contribution in [1.29, 1.82) is 0 Å². The Bertz CT molecular complexity index is 1370. The van der Waals surface area contributed by atoms with Gasteiger partial charge in [0.15, 0.2) is 6.29 Å². The highest BCUT2D eigenvalue weighted by Gasteiger charge is 2.59. The normalized spacial score (nSPS) is 36.5. The molecule has 0 amide bonds. The van der Waals surface area contributed by atoms with E-state index in [1.807, 2.05) is 0 Å². The van der Waals surface area contributed by atoms with E-state index in [-0.39, 0.29) is 24.1 Å². The van der Waals surface area contributed by atoms with Crippen molar-refractivity contribution >= 4 is 5.97 Å². The van der Waals surface area contributed by atoms with Gasteiger partial charge < -0.3 is 29.5 Å². The predicted octanol–water partition coefficient (Wildman–Crippen LogP) is 12.2. The number of hydrogen-bond donors (Lipinski definition) is 3. The molecule has 60 heavy (non-hydrogen) atoms. The lowest BCUT2D eigenvalue weighted by atomic mass is 9.47. The fraction of sp³-hybridized carbons (Fsp3) is 0.868. The molecule has 5 rings (SSSR count). The number of carbonyl (C=O) groups excluding carboxylic acids is 1. The minimum atomic E-state index is -1.45. The molecule has 7 nitrogen and oxygen atoms in total. The van der Waals surface area contributed by atoms with Gasteiger partial charge in [-0.2, -0.15) is 0 Å². The molecular formula is C53H90O7. The lowest BCUT2D eigenvalue weighted by Crippen LogP contribution is -2.60. The van der Waals surface area contributed by atoms with E-state index in [9.17, 15) is 20.1 Å². The molecule has 5 aliphatic rings. The zero-order valence-electron chi connectivity index (χ0n) is 39.3. The number of hydrogen-bond acceptors (Lipinski definition) is 7. The molecule has 3 saturated carbocycles. The third kappa shape index (κ3) is 12.6. The number of carbonyl (C=O) groups is 1. The molecule has 0 aromatic heterocycles. The van der Waals surface area contributed by atoms with Crippen molar-refractivity contribution in [3.63, 3.8) is 0 Å². The molecule has 14 atom stereocenters. The first kappa shape index (κ1) is 49.5. The Morgan fingerprint density at radius 1 is 0.817 bits per heavy atom. The van der Waals surface area contributed by atoms with Gasteiger partial charge in [-0.3, -0.25) is 4.79 Å². The van der Waals surface area contributed by atoms with Gasteiger partial charge in [-0.1, -0.05) is 136 Å². The maximum atomic E-state index is 12.6. The third-order valence-corrected chi connectivity index (χ3v) is 16.8. The SMILES string of the molecule is CCCCCCCCC=CCCCCCCCC(=O)OCC1OC(OC2CCC3(C)C(=CCC4C3CCC3(C)C(C(C)C=CC(CC)C(C)C)CCC43)C2)C(O)C(O)C1O. The van der Waals surface area contributed by atoms with E-state index in [1.165, 1.54) is 89.0 Å². The molecule has 0 aromatic carbocycles. The van der Waals surface area contributed by atoms with Gasteiger partial charge in [0.2, 0.25) is 0 Å². The standard InChI is InChI=1S/C53H90O7/c1-8-10-11-12-13-14-15-16-17-18-19-20-21-22-23-24-47(54)58-36-46-48(55)49(56)50(57)51(60-46)59-41-31-33-52(6)40(35-41)27-28-42-44-30-29-43(53(44,7)34-32-45(42)52)38(5)25-26-39(9-2)37(3)4/h16-17,25-27,37-39,41-46,48-51,55-57H,8-15,18-24,28-36H2,1-7H3. The summed E-state index contributed by atoms with van der Waals surface area (Å²) in [6.07, 6.45) is 32.1. The number of rotatable bonds is 24. The molecule has 1 saturated heterocycles. The van der Waals surface area contributed by atoms with Gasteiger partial charge >= 0.3 is 5.97 Å². The van der Waals surface area contributed by atoms with Crippen LogP contribution in [-0.2, 0) is 19.0 Å². The Hall–Kier alpha value is -1.51. The summed E-state index contributed by atoms with van der Waals surface area (Å²) >= 11 is 0. The molecule has 0 spiro atoms. The van der Waals surface area contributed by atoms with E-state index in [0.717, 1.165) is 75.5 Å². The van der Waals surface area contributed by atoms with Crippen LogP contribution in [0.25, 0.3) is 0 Å². The van der Waals surface area contributed by atoms with E-state index < -0.39 is 30.7 Å². The van der Waals surface area contributed by atoms with Gasteiger partial charge in [-0.25, -0.2) is 0 Å². The van der Waals surface area contributed by atoms with Crippen LogP contribution in [0.2, 0.25) is 0 Å². The van der Waals surface area contributed by atoms with Crippen LogP contribution < -0.4 is 0 Å². The van der Waals surface area contributed by atoms with Crippen LogP contribution in [0.5, 0.6) is 0 Å². The molecule has 0 radical (unpaired) electrons. The molecular weight excluding hydrogens is 749 g/mol. The van der Waals surface area contributed by atoms with E-state index in [0.29, 0.717) is 35.5 Å². The van der Waals surface area contributed by atoms with Crippen molar-refractivity contribution in [2.24, 2.45) is 52.3 Å². The molecule has 1 aliphatic heterocycles. The highest BCUT2D eigenvalue weighted by Crippen LogP contribution is 2.67. The number of allylic oxidation sites excluding steroid dienone is 5. The van der Waals surface area contributed by atoms with Crippen LogP contribution in [0.4, 0.5) is 0 Å². The first-order chi connectivity index (χ1) is 28.8. The van der Waals surface area contributed by atoms with Crippen LogP contribution in [0.1, 0.15) is 196 Å². The average Bonchev–Trinajstić information content (AvgIpc) is 3.59. The van der Waals surface area contributed by atoms with Gasteiger partial charge in [0.05, 0.1) is 6.10 Å². The van der Waals surface area contributed by atoms with Crippen molar-refractivity contribution in [1.82, 2.24) is 0 Å². The summed E-state index contributed by atoms with van der Waals surface area (Å²) in [7, 11) is 0. The summed E-state index contributed by atoms with van der Waals surface area (Å²) in [6.45, 7) is 16.7. The van der Waals surface area contributed by atoms with Crippen LogP contribution in [0, 0.1) is 52.3 Å². The lowest BCUT2D eigenvalue weighted by molar-refractivity contribution is -0.313. The second-order valence-corrected chi connectivity index (χ2v) is 21.1. The van der Waals surface area contributed by atoms with Crippen LogP contribution in [0.15, 0.2) is 36.0 Å². The summed E-state index contributed by atoms with van der Waals surface area (Å²) < 4.78 is 18.0. The third-order valence-electron chi connectivity index (χ3n) is 16.8. The lowest BCUT2D eigenvalue weighted by Gasteiger charge is -2.58. The zero-order valence-corrected chi connectivity index (χ0v) is 39.3. The smallest absolute Gasteiger partial charge is 0.305 e. The Kier molecular flexibility index (Phi) is 19.8. The summed E-state index contributed by atoms with van der Waals surface area (Å²) in [5, 5.41) is 32.5. The second kappa shape index (κ2) is 24.0. The number of unbranched alkanes of at least 4 members (excludes halogenated alkanes) is 11. The largest absolute Gasteiger partial charge is 0.463 e. The van der Waals surface area contributed by atoms with Crippen molar-refractivity contribution in [2.75, 3.05) is 6.61 Å². The Labute approximate surface area is 367 Å². The van der Waals surface area contributed by atoms with Crippen molar-refractivity contribution in [3.8, 4) is 0 Å². The van der Waals surface area contributed by atoms with Gasteiger partial charge in [0.25, 0.3) is 0 Å². The number of esters is 1. The monoisotopic (exact) mass is 839 g/mol. The van der Waals surface area contributed by atoms with Gasteiger partial charge in [-0.05, 0) is 142 Å². The fourth-order valence-electron chi connectivity index (χ4n) is 12.9. The van der Waals surface area contributed by atoms with Crippen LogP contribution >= 0.6 is 0 Å². The molecule has 4 aliphatic carbocycles. The Morgan fingerprint density at radius 3 is 2.18 bits per heavy atom. The van der Waals surface area contributed by atoms with E-state index in [1.54, 1.807) is 0 Å². The molecule has 344 valence electrons. The highest BCUT2D eigenvalue weighted by molar-refractivity contribution is 5.69. The van der Waals surface area contributed by atoms with E-state index in [4.69, 9.17) is 14.2 Å². The Morgan fingerprint density at radius 2 is 1.50 bits per heavy atom. The minimum Gasteiger partial charge on any atom is -0.463 e.